The van der Waals surface area contributed by atoms with Crippen LogP contribution in [0, 0.1) is 0 Å². The monoisotopic (exact) mass is 548 g/mol. The van der Waals surface area contributed by atoms with Gasteiger partial charge in [0.25, 0.3) is 0 Å². The van der Waals surface area contributed by atoms with Crippen LogP contribution in [0.5, 0.6) is 0 Å². The van der Waals surface area contributed by atoms with Gasteiger partial charge in [0.1, 0.15) is 12.1 Å². The van der Waals surface area contributed by atoms with Gasteiger partial charge in [-0.2, -0.15) is 0 Å². The standard InChI is InChI=1S/C20H14N4.2C4H9NO3/c1-2-14-10-16-5-6-18(23-16)12-20-8-7-19(24-20)11-17-4-3-15(22-17)9-13(1)21-14;2*1-2(6)3(5)4(7)8/h1-12,21-22H;2*2-3,6H,5H2,1H3,(H,7,8)/t;2*2-,3+/m.11/s1. The molecule has 0 fully saturated rings. The van der Waals surface area contributed by atoms with Crippen molar-refractivity contribution in [3.63, 3.8) is 0 Å². The maximum absolute atomic E-state index is 9.86. The highest BCUT2D eigenvalue weighted by Gasteiger charge is 2.16. The predicted octanol–water partition coefficient (Wildman–Crippen LogP) is 2.21. The van der Waals surface area contributed by atoms with E-state index in [0.29, 0.717) is 0 Å². The number of aromatic nitrogens is 4. The summed E-state index contributed by atoms with van der Waals surface area (Å²) in [6.07, 6.45) is 6.09. The normalized spacial score (nSPS) is 14.6. The number of aliphatic hydroxyl groups excluding tert-OH is 2. The number of aliphatic hydroxyl groups is 2. The van der Waals surface area contributed by atoms with E-state index in [1.807, 2.05) is 42.5 Å². The van der Waals surface area contributed by atoms with E-state index in [1.165, 1.54) is 13.8 Å². The van der Waals surface area contributed by atoms with Gasteiger partial charge in [0.15, 0.2) is 0 Å². The molecule has 8 bridgehead atoms. The second-order valence-electron chi connectivity index (χ2n) is 9.11. The van der Waals surface area contributed by atoms with Gasteiger partial charge in [-0.1, -0.05) is 0 Å². The molecule has 10 N–H and O–H groups in total. The van der Waals surface area contributed by atoms with Gasteiger partial charge < -0.3 is 41.9 Å². The molecule has 0 aliphatic carbocycles. The third-order valence-corrected chi connectivity index (χ3v) is 5.65. The first kappa shape index (κ1) is 29.9. The zero-order valence-electron chi connectivity index (χ0n) is 21.9. The average Bonchev–Trinajstić information content (AvgIpc) is 3.70. The fourth-order valence-corrected chi connectivity index (χ4v) is 3.36. The molecule has 40 heavy (non-hydrogen) atoms. The van der Waals surface area contributed by atoms with E-state index in [9.17, 15) is 9.59 Å². The number of H-pyrrole nitrogens is 2. The third kappa shape index (κ3) is 8.71. The Morgan fingerprint density at radius 3 is 1.20 bits per heavy atom. The number of carboxylic acid groups (broad SMARTS) is 2. The summed E-state index contributed by atoms with van der Waals surface area (Å²) in [7, 11) is 0. The van der Waals surface area contributed by atoms with Crippen molar-refractivity contribution in [3.05, 3.63) is 71.3 Å². The van der Waals surface area contributed by atoms with Crippen molar-refractivity contribution < 1.29 is 30.0 Å². The van der Waals surface area contributed by atoms with Crippen LogP contribution in [0.25, 0.3) is 46.4 Å². The Bertz CT molecular complexity index is 1460. The number of aliphatic carboxylic acids is 2. The number of hydrogen-bond acceptors (Lipinski definition) is 8. The van der Waals surface area contributed by atoms with Gasteiger partial charge in [-0.3, -0.25) is 9.59 Å². The van der Waals surface area contributed by atoms with Gasteiger partial charge in [-0.05, 0) is 86.7 Å². The van der Waals surface area contributed by atoms with Crippen LogP contribution >= 0.6 is 0 Å². The summed E-state index contributed by atoms with van der Waals surface area (Å²) in [4.78, 5) is 35.7. The highest BCUT2D eigenvalue weighted by Crippen LogP contribution is 2.17. The van der Waals surface area contributed by atoms with Crippen LogP contribution in [0.2, 0.25) is 0 Å². The molecule has 2 aliphatic heterocycles. The second kappa shape index (κ2) is 13.4. The van der Waals surface area contributed by atoms with E-state index in [4.69, 9.17) is 31.9 Å². The van der Waals surface area contributed by atoms with E-state index in [1.54, 1.807) is 0 Å². The van der Waals surface area contributed by atoms with Gasteiger partial charge in [0.05, 0.1) is 35.0 Å². The molecule has 12 nitrogen and oxygen atoms in total. The Morgan fingerprint density at radius 2 is 0.925 bits per heavy atom. The van der Waals surface area contributed by atoms with Crippen molar-refractivity contribution in [3.8, 4) is 0 Å². The lowest BCUT2D eigenvalue weighted by Crippen LogP contribution is -2.39. The molecule has 12 heteroatoms. The zero-order chi connectivity index (χ0) is 29.4. The van der Waals surface area contributed by atoms with Crippen molar-refractivity contribution >= 4 is 58.3 Å². The van der Waals surface area contributed by atoms with Crippen LogP contribution in [-0.4, -0.2) is 76.6 Å². The molecule has 3 aromatic rings. The molecule has 0 amide bonds. The van der Waals surface area contributed by atoms with Gasteiger partial charge in [0, 0.05) is 22.1 Å². The Labute approximate surface area is 229 Å². The first-order chi connectivity index (χ1) is 18.9. The summed E-state index contributed by atoms with van der Waals surface area (Å²) in [6.45, 7) is 2.66. The fourth-order valence-electron chi connectivity index (χ4n) is 3.36. The van der Waals surface area contributed by atoms with Crippen LogP contribution in [0.1, 0.15) is 36.6 Å². The van der Waals surface area contributed by atoms with E-state index in [0.717, 1.165) is 44.8 Å². The Hall–Kier alpha value is -4.62. The molecule has 0 radical (unpaired) electrons. The number of rotatable bonds is 4. The minimum atomic E-state index is -1.18. The maximum Gasteiger partial charge on any atom is 0.323 e. The molecule has 0 spiro atoms. The summed E-state index contributed by atoms with van der Waals surface area (Å²) >= 11 is 0. The van der Waals surface area contributed by atoms with Crippen LogP contribution in [0.3, 0.4) is 0 Å². The number of carbonyl (C=O) groups is 2. The predicted molar refractivity (Wildman–Crippen MR) is 153 cm³/mol. The number of nitrogens with one attached hydrogen (secondary N) is 2. The summed E-state index contributed by atoms with van der Waals surface area (Å²) in [5.41, 5.74) is 17.7. The largest absolute Gasteiger partial charge is 0.480 e. The Kier molecular flexibility index (Phi) is 10.1. The number of nitrogens with two attached hydrogens (primary N) is 2. The SMILES string of the molecule is C1=Cc2cc3ccc(cc4ccc(cc5nc(cc1n2)C=C5)[nH]4)[nH]3.C[C@@H](O)[C@H](N)C(=O)O.C[C@@H](O)[C@H](N)C(=O)O. The van der Waals surface area contributed by atoms with Crippen molar-refractivity contribution in [2.45, 2.75) is 38.1 Å². The van der Waals surface area contributed by atoms with Gasteiger partial charge in [-0.15, -0.1) is 0 Å². The third-order valence-electron chi connectivity index (χ3n) is 5.65. The van der Waals surface area contributed by atoms with E-state index in [2.05, 4.69) is 50.3 Å². The minimum absolute atomic E-state index is 0.915. The van der Waals surface area contributed by atoms with Crippen LogP contribution < -0.4 is 11.5 Å². The van der Waals surface area contributed by atoms with E-state index < -0.39 is 36.2 Å². The van der Waals surface area contributed by atoms with E-state index >= 15 is 0 Å². The lowest BCUT2D eigenvalue weighted by atomic mass is 10.2. The van der Waals surface area contributed by atoms with Crippen molar-refractivity contribution in [1.82, 2.24) is 19.9 Å². The number of fused-ring (bicyclic) bond motifs is 8. The summed E-state index contributed by atoms with van der Waals surface area (Å²) in [5.74, 6) is -2.36. The first-order valence-corrected chi connectivity index (χ1v) is 12.3. The molecule has 0 saturated carbocycles. The second-order valence-corrected chi connectivity index (χ2v) is 9.11. The van der Waals surface area contributed by atoms with Crippen molar-refractivity contribution in [2.75, 3.05) is 0 Å². The maximum atomic E-state index is 9.86. The Morgan fingerprint density at radius 1 is 0.625 bits per heavy atom. The molecule has 4 atom stereocenters. The first-order valence-electron chi connectivity index (χ1n) is 12.3. The van der Waals surface area contributed by atoms with Crippen LogP contribution in [0.15, 0.2) is 48.5 Å². The quantitative estimate of drug-likeness (QED) is 0.163. The topological polar surface area (TPSA) is 224 Å². The number of carboxylic acids is 2. The molecule has 5 rings (SSSR count). The molecule has 2 aliphatic rings. The molecule has 0 saturated heterocycles. The summed E-state index contributed by atoms with van der Waals surface area (Å²) in [6, 6.07) is 14.1. The van der Waals surface area contributed by atoms with Gasteiger partial charge >= 0.3 is 11.9 Å². The summed E-state index contributed by atoms with van der Waals surface area (Å²) in [5, 5.41) is 33.1. The average molecular weight is 549 g/mol. The smallest absolute Gasteiger partial charge is 0.323 e. The molecular weight excluding hydrogens is 516 g/mol. The number of aromatic amines is 2. The molecular formula is C28H32N6O6. The highest BCUT2D eigenvalue weighted by atomic mass is 16.4. The molecule has 210 valence electrons. The molecule has 5 heterocycles. The Balaban J connectivity index is 0.000000230. The number of hydrogen-bond donors (Lipinski definition) is 8. The van der Waals surface area contributed by atoms with Gasteiger partial charge in [-0.25, -0.2) is 9.97 Å². The van der Waals surface area contributed by atoms with Gasteiger partial charge in [0.2, 0.25) is 0 Å². The number of nitrogens with zero attached hydrogens (tertiary/aromatic N) is 2. The van der Waals surface area contributed by atoms with Crippen molar-refractivity contribution in [2.24, 2.45) is 11.5 Å². The van der Waals surface area contributed by atoms with Crippen LogP contribution in [-0.2, 0) is 9.59 Å². The fraction of sp³-hybridized carbons (Fsp3) is 0.214. The van der Waals surface area contributed by atoms with Crippen molar-refractivity contribution in [1.29, 1.82) is 0 Å². The highest BCUT2D eigenvalue weighted by molar-refractivity contribution is 5.77. The van der Waals surface area contributed by atoms with E-state index in [-0.39, 0.29) is 0 Å². The minimum Gasteiger partial charge on any atom is -0.480 e. The lowest BCUT2D eigenvalue weighted by molar-refractivity contribution is -0.141. The zero-order valence-corrected chi connectivity index (χ0v) is 21.9. The summed E-state index contributed by atoms with van der Waals surface area (Å²) < 4.78 is 0. The molecule has 0 unspecified atom stereocenters. The molecule has 0 aromatic carbocycles. The van der Waals surface area contributed by atoms with Crippen LogP contribution in [0.4, 0.5) is 0 Å². The molecule has 3 aromatic heterocycles. The lowest BCUT2D eigenvalue weighted by Gasteiger charge is -2.07.